The normalized spacial score (nSPS) is 15.7. The molecule has 0 bridgehead atoms. The Morgan fingerprint density at radius 2 is 2.11 bits per heavy atom. The molecule has 0 atom stereocenters. The third kappa shape index (κ3) is 5.69. The highest BCUT2D eigenvalue weighted by Gasteiger charge is 2.26. The maximum atomic E-state index is 12.8. The van der Waals surface area contributed by atoms with E-state index in [1.165, 1.54) is 28.7 Å². The summed E-state index contributed by atoms with van der Waals surface area (Å²) >= 11 is 6.14. The number of nitriles is 1. The SMILES string of the molecule is CCCCNC(=O)/C(C#N)=C\Nc1cc(S(=O)(=O)N2CCOCC2)ccc1Cl. The molecule has 0 aromatic heterocycles. The van der Waals surface area contributed by atoms with E-state index in [0.29, 0.717) is 19.8 Å². The molecule has 1 amide bonds. The number of morpholine rings is 1. The number of hydrogen-bond acceptors (Lipinski definition) is 6. The topological polar surface area (TPSA) is 112 Å². The van der Waals surface area contributed by atoms with Gasteiger partial charge in [-0.2, -0.15) is 9.57 Å². The molecule has 1 saturated heterocycles. The molecule has 8 nitrogen and oxygen atoms in total. The third-order valence-electron chi connectivity index (χ3n) is 4.10. The molecule has 0 saturated carbocycles. The Balaban J connectivity index is 2.18. The first-order chi connectivity index (χ1) is 13.4. The second kappa shape index (κ2) is 10.4. The number of carbonyl (C=O) groups is 1. The van der Waals surface area contributed by atoms with Crippen molar-refractivity contribution in [3.8, 4) is 6.07 Å². The Hall–Kier alpha value is -2.12. The number of carbonyl (C=O) groups excluding carboxylic acids is 1. The quantitative estimate of drug-likeness (QED) is 0.374. The van der Waals surface area contributed by atoms with E-state index in [2.05, 4.69) is 10.6 Å². The maximum absolute atomic E-state index is 12.8. The molecule has 1 aromatic rings. The van der Waals surface area contributed by atoms with Crippen molar-refractivity contribution in [2.75, 3.05) is 38.2 Å². The van der Waals surface area contributed by atoms with Crippen molar-refractivity contribution in [1.82, 2.24) is 9.62 Å². The van der Waals surface area contributed by atoms with Crippen LogP contribution < -0.4 is 10.6 Å². The summed E-state index contributed by atoms with van der Waals surface area (Å²) in [5.74, 6) is -0.503. The van der Waals surface area contributed by atoms with Gasteiger partial charge in [0.1, 0.15) is 11.6 Å². The first kappa shape index (κ1) is 22.2. The van der Waals surface area contributed by atoms with Crippen molar-refractivity contribution in [2.45, 2.75) is 24.7 Å². The number of sulfonamides is 1. The molecule has 2 N–H and O–H groups in total. The lowest BCUT2D eigenvalue weighted by molar-refractivity contribution is -0.117. The van der Waals surface area contributed by atoms with Gasteiger partial charge in [0, 0.05) is 25.8 Å². The van der Waals surface area contributed by atoms with Crippen LogP contribution in [0.5, 0.6) is 0 Å². The van der Waals surface area contributed by atoms with Gasteiger partial charge < -0.3 is 15.4 Å². The Kier molecular flexibility index (Phi) is 8.26. The Morgan fingerprint density at radius 1 is 1.39 bits per heavy atom. The van der Waals surface area contributed by atoms with Gasteiger partial charge in [-0.3, -0.25) is 4.79 Å². The number of nitrogens with one attached hydrogen (secondary N) is 2. The van der Waals surface area contributed by atoms with Crippen LogP contribution in [0.3, 0.4) is 0 Å². The number of benzene rings is 1. The van der Waals surface area contributed by atoms with Crippen LogP contribution >= 0.6 is 11.6 Å². The number of halogens is 1. The summed E-state index contributed by atoms with van der Waals surface area (Å²) in [5.41, 5.74) is 0.152. The smallest absolute Gasteiger partial charge is 0.263 e. The fourth-order valence-electron chi connectivity index (χ4n) is 2.48. The summed E-state index contributed by atoms with van der Waals surface area (Å²) in [7, 11) is -3.69. The molecule has 0 aliphatic carbocycles. The van der Waals surface area contributed by atoms with Crippen molar-refractivity contribution in [3.63, 3.8) is 0 Å². The minimum Gasteiger partial charge on any atom is -0.379 e. The number of ether oxygens (including phenoxy) is 1. The Bertz CT molecular complexity index is 874. The van der Waals surface area contributed by atoms with Crippen molar-refractivity contribution in [2.24, 2.45) is 0 Å². The van der Waals surface area contributed by atoms with Crippen molar-refractivity contribution in [1.29, 1.82) is 5.26 Å². The predicted octanol–water partition coefficient (Wildman–Crippen LogP) is 2.10. The molecule has 0 unspecified atom stereocenters. The fraction of sp³-hybridized carbons (Fsp3) is 0.444. The van der Waals surface area contributed by atoms with Gasteiger partial charge in [-0.05, 0) is 24.6 Å². The van der Waals surface area contributed by atoms with Crippen molar-refractivity contribution in [3.05, 3.63) is 35.0 Å². The van der Waals surface area contributed by atoms with E-state index >= 15 is 0 Å². The molecule has 28 heavy (non-hydrogen) atoms. The molecule has 2 rings (SSSR count). The summed E-state index contributed by atoms with van der Waals surface area (Å²) < 4.78 is 32.1. The summed E-state index contributed by atoms with van der Waals surface area (Å²) in [6.07, 6.45) is 2.95. The van der Waals surface area contributed by atoms with Crippen LogP contribution in [-0.4, -0.2) is 51.5 Å². The zero-order valence-electron chi connectivity index (χ0n) is 15.6. The summed E-state index contributed by atoms with van der Waals surface area (Å²) in [6, 6.07) is 6.08. The van der Waals surface area contributed by atoms with Crippen molar-refractivity contribution < 1.29 is 17.9 Å². The number of unbranched alkanes of at least 4 members (excludes halogenated alkanes) is 1. The zero-order chi connectivity index (χ0) is 20.6. The summed E-state index contributed by atoms with van der Waals surface area (Å²) in [4.78, 5) is 12.1. The minimum atomic E-state index is -3.69. The predicted molar refractivity (Wildman–Crippen MR) is 106 cm³/mol. The highest BCUT2D eigenvalue weighted by Crippen LogP contribution is 2.27. The van der Waals surface area contributed by atoms with Crippen LogP contribution in [0.1, 0.15) is 19.8 Å². The monoisotopic (exact) mass is 426 g/mol. The molecular formula is C18H23ClN4O4S. The molecule has 1 aliphatic rings. The first-order valence-corrected chi connectivity index (χ1v) is 10.7. The first-order valence-electron chi connectivity index (χ1n) is 8.92. The second-order valence-corrected chi connectivity index (χ2v) is 8.43. The van der Waals surface area contributed by atoms with Gasteiger partial charge in [-0.15, -0.1) is 0 Å². The van der Waals surface area contributed by atoms with Gasteiger partial charge >= 0.3 is 0 Å². The van der Waals surface area contributed by atoms with E-state index in [1.807, 2.05) is 13.0 Å². The van der Waals surface area contributed by atoms with E-state index < -0.39 is 15.9 Å². The fourth-order valence-corrected chi connectivity index (χ4v) is 4.09. The van der Waals surface area contributed by atoms with E-state index in [1.54, 1.807) is 0 Å². The second-order valence-electron chi connectivity index (χ2n) is 6.08. The van der Waals surface area contributed by atoms with Crippen LogP contribution in [-0.2, 0) is 19.6 Å². The lowest BCUT2D eigenvalue weighted by atomic mass is 10.2. The number of anilines is 1. The van der Waals surface area contributed by atoms with E-state index in [0.717, 1.165) is 12.8 Å². The molecule has 10 heteroatoms. The average molecular weight is 427 g/mol. The van der Waals surface area contributed by atoms with Crippen LogP contribution in [0, 0.1) is 11.3 Å². The number of rotatable bonds is 8. The molecule has 1 heterocycles. The van der Waals surface area contributed by atoms with E-state index in [-0.39, 0.29) is 34.3 Å². The van der Waals surface area contributed by atoms with Gasteiger partial charge in [0.05, 0.1) is 28.8 Å². The molecular weight excluding hydrogens is 404 g/mol. The van der Waals surface area contributed by atoms with Gasteiger partial charge in [-0.1, -0.05) is 24.9 Å². The van der Waals surface area contributed by atoms with Gasteiger partial charge in [-0.25, -0.2) is 8.42 Å². The van der Waals surface area contributed by atoms with Crippen LogP contribution in [0.15, 0.2) is 34.9 Å². The molecule has 0 radical (unpaired) electrons. The van der Waals surface area contributed by atoms with E-state index in [4.69, 9.17) is 16.3 Å². The Morgan fingerprint density at radius 3 is 2.75 bits per heavy atom. The maximum Gasteiger partial charge on any atom is 0.263 e. The van der Waals surface area contributed by atoms with Crippen LogP contribution in [0.2, 0.25) is 5.02 Å². The van der Waals surface area contributed by atoms with Crippen LogP contribution in [0.25, 0.3) is 0 Å². The van der Waals surface area contributed by atoms with Gasteiger partial charge in [0.2, 0.25) is 10.0 Å². The highest BCUT2D eigenvalue weighted by molar-refractivity contribution is 7.89. The number of amides is 1. The lowest BCUT2D eigenvalue weighted by Crippen LogP contribution is -2.40. The minimum absolute atomic E-state index is 0.0700. The van der Waals surface area contributed by atoms with Crippen molar-refractivity contribution >= 4 is 33.2 Å². The standard InChI is InChI=1S/C18H23ClN4O4S/c1-2-3-6-21-18(24)14(12-20)13-22-17-11-15(4-5-16(17)19)28(25,26)23-7-9-27-10-8-23/h4-5,11,13,22H,2-3,6-10H2,1H3,(H,21,24)/b14-13-. The average Bonchev–Trinajstić information content (AvgIpc) is 2.70. The largest absolute Gasteiger partial charge is 0.379 e. The Labute approximate surface area is 170 Å². The zero-order valence-corrected chi connectivity index (χ0v) is 17.1. The number of nitrogens with zero attached hydrogens (tertiary/aromatic N) is 2. The van der Waals surface area contributed by atoms with Gasteiger partial charge in [0.15, 0.2) is 0 Å². The molecule has 0 spiro atoms. The molecule has 1 aromatic carbocycles. The number of hydrogen-bond donors (Lipinski definition) is 2. The molecule has 1 aliphatic heterocycles. The third-order valence-corrected chi connectivity index (χ3v) is 6.32. The molecule has 152 valence electrons. The van der Waals surface area contributed by atoms with E-state index in [9.17, 15) is 18.5 Å². The van der Waals surface area contributed by atoms with Gasteiger partial charge in [0.25, 0.3) is 5.91 Å². The summed E-state index contributed by atoms with van der Waals surface area (Å²) in [6.45, 7) is 3.73. The lowest BCUT2D eigenvalue weighted by Gasteiger charge is -2.26. The molecule has 1 fully saturated rings. The van der Waals surface area contributed by atoms with Crippen LogP contribution in [0.4, 0.5) is 5.69 Å². The summed E-state index contributed by atoms with van der Waals surface area (Å²) in [5, 5.41) is 14.9. The highest BCUT2D eigenvalue weighted by atomic mass is 35.5.